The molecule has 6 nitrogen and oxygen atoms in total. The van der Waals surface area contributed by atoms with Crippen molar-refractivity contribution >= 4 is 23.1 Å². The van der Waals surface area contributed by atoms with Crippen molar-refractivity contribution in [3.05, 3.63) is 95.4 Å². The molecule has 0 fully saturated rings. The van der Waals surface area contributed by atoms with E-state index in [1.807, 2.05) is 71.6 Å². The van der Waals surface area contributed by atoms with Crippen LogP contribution in [0.2, 0.25) is 0 Å². The number of aromatic nitrogens is 1. The summed E-state index contributed by atoms with van der Waals surface area (Å²) in [6.45, 7) is 0.582. The van der Waals surface area contributed by atoms with Gasteiger partial charge in [0.2, 0.25) is 11.8 Å². The Morgan fingerprint density at radius 1 is 1.03 bits per heavy atom. The van der Waals surface area contributed by atoms with Gasteiger partial charge in [-0.05, 0) is 47.4 Å². The second-order valence-corrected chi connectivity index (χ2v) is 7.85. The summed E-state index contributed by atoms with van der Waals surface area (Å²) in [5, 5.41) is 0. The first-order valence-corrected chi connectivity index (χ1v) is 10.8. The molecule has 1 aromatic heterocycles. The number of methoxy groups -OCH3 is 2. The van der Waals surface area contributed by atoms with Crippen molar-refractivity contribution in [3.63, 3.8) is 0 Å². The van der Waals surface area contributed by atoms with Gasteiger partial charge in [-0.2, -0.15) is 0 Å². The second kappa shape index (κ2) is 8.82. The van der Waals surface area contributed by atoms with Crippen LogP contribution < -0.4 is 9.47 Å². The van der Waals surface area contributed by atoms with Crippen molar-refractivity contribution in [2.75, 3.05) is 20.8 Å². The van der Waals surface area contributed by atoms with Crippen molar-refractivity contribution in [2.45, 2.75) is 12.5 Å². The number of benzene rings is 3. The number of carbonyl (C=O) groups excluding carboxylic acids is 1. The van der Waals surface area contributed by atoms with E-state index in [0.717, 1.165) is 28.6 Å². The Morgan fingerprint density at radius 3 is 2.52 bits per heavy atom. The molecule has 166 valence electrons. The number of nitrogens with zero attached hydrogens (tertiary/aromatic N) is 2. The van der Waals surface area contributed by atoms with E-state index in [2.05, 4.69) is 4.98 Å². The van der Waals surface area contributed by atoms with Crippen LogP contribution in [0.15, 0.2) is 77.2 Å². The van der Waals surface area contributed by atoms with Crippen LogP contribution in [-0.2, 0) is 11.2 Å². The molecule has 2 heterocycles. The molecule has 1 atom stereocenters. The highest BCUT2D eigenvalue weighted by Crippen LogP contribution is 2.41. The van der Waals surface area contributed by atoms with Gasteiger partial charge in [0.05, 0.1) is 20.3 Å². The number of fused-ring (bicyclic) bond motifs is 2. The van der Waals surface area contributed by atoms with E-state index in [0.29, 0.717) is 29.5 Å². The van der Waals surface area contributed by atoms with Gasteiger partial charge in [-0.15, -0.1) is 0 Å². The third kappa shape index (κ3) is 3.96. The van der Waals surface area contributed by atoms with Gasteiger partial charge in [-0.3, -0.25) is 4.79 Å². The first-order valence-electron chi connectivity index (χ1n) is 10.8. The minimum absolute atomic E-state index is 0.105. The first kappa shape index (κ1) is 20.8. The molecule has 1 unspecified atom stereocenters. The summed E-state index contributed by atoms with van der Waals surface area (Å²) in [7, 11) is 3.26. The fourth-order valence-electron chi connectivity index (χ4n) is 4.38. The number of carbonyl (C=O) groups is 1. The Morgan fingerprint density at radius 2 is 1.76 bits per heavy atom. The predicted octanol–water partition coefficient (Wildman–Crippen LogP) is 5.03. The van der Waals surface area contributed by atoms with E-state index in [1.165, 1.54) is 6.08 Å². The maximum Gasteiger partial charge on any atom is 0.247 e. The summed E-state index contributed by atoms with van der Waals surface area (Å²) in [5.41, 5.74) is 4.68. The molecule has 5 rings (SSSR count). The first-order chi connectivity index (χ1) is 16.2. The molecule has 33 heavy (non-hydrogen) atoms. The van der Waals surface area contributed by atoms with Crippen molar-refractivity contribution in [2.24, 2.45) is 0 Å². The Labute approximate surface area is 192 Å². The maximum absolute atomic E-state index is 13.4. The Hall–Kier alpha value is -4.06. The second-order valence-electron chi connectivity index (χ2n) is 7.85. The zero-order valence-corrected chi connectivity index (χ0v) is 18.5. The number of hydrogen-bond acceptors (Lipinski definition) is 5. The molecule has 0 bridgehead atoms. The van der Waals surface area contributed by atoms with Crippen LogP contribution in [-0.4, -0.2) is 36.6 Å². The number of ether oxygens (including phenoxy) is 2. The lowest BCUT2D eigenvalue weighted by Crippen LogP contribution is -2.39. The van der Waals surface area contributed by atoms with Crippen LogP contribution >= 0.6 is 0 Å². The van der Waals surface area contributed by atoms with Gasteiger partial charge in [0, 0.05) is 18.7 Å². The molecule has 0 saturated carbocycles. The Balaban J connectivity index is 1.51. The maximum atomic E-state index is 13.4. The smallest absolute Gasteiger partial charge is 0.247 e. The van der Waals surface area contributed by atoms with Gasteiger partial charge in [0.15, 0.2) is 17.1 Å². The van der Waals surface area contributed by atoms with Gasteiger partial charge >= 0.3 is 0 Å². The van der Waals surface area contributed by atoms with Crippen LogP contribution in [0.4, 0.5) is 0 Å². The molecular formula is C27H24N2O4. The number of para-hydroxylation sites is 2. The largest absolute Gasteiger partial charge is 0.493 e. The molecular weight excluding hydrogens is 416 g/mol. The van der Waals surface area contributed by atoms with Gasteiger partial charge < -0.3 is 18.8 Å². The SMILES string of the molecule is COc1cc2c(cc1OC)C(c1ccccc1)N(C(=O)C=Cc1nc3ccccc3o1)CC2. The van der Waals surface area contributed by atoms with E-state index in [-0.39, 0.29) is 11.9 Å². The summed E-state index contributed by atoms with van der Waals surface area (Å²) < 4.78 is 16.8. The molecule has 6 heteroatoms. The molecule has 1 aliphatic heterocycles. The predicted molar refractivity (Wildman–Crippen MR) is 126 cm³/mol. The summed E-state index contributed by atoms with van der Waals surface area (Å²) in [6.07, 6.45) is 3.89. The van der Waals surface area contributed by atoms with Gasteiger partial charge in [-0.1, -0.05) is 42.5 Å². The van der Waals surface area contributed by atoms with Crippen molar-refractivity contribution in [1.29, 1.82) is 0 Å². The van der Waals surface area contributed by atoms with Crippen molar-refractivity contribution in [3.8, 4) is 11.5 Å². The topological polar surface area (TPSA) is 64.8 Å². The summed E-state index contributed by atoms with van der Waals surface area (Å²) in [4.78, 5) is 19.7. The normalized spacial score (nSPS) is 15.6. The lowest BCUT2D eigenvalue weighted by atomic mass is 9.87. The third-order valence-electron chi connectivity index (χ3n) is 5.95. The average molecular weight is 440 g/mol. The number of rotatable bonds is 5. The van der Waals surface area contributed by atoms with Gasteiger partial charge in [0.25, 0.3) is 0 Å². The average Bonchev–Trinajstić information content (AvgIpc) is 3.29. The standard InChI is InChI=1S/C27H24N2O4/c1-31-23-16-19-14-15-29(26(30)13-12-25-28-21-10-6-7-11-22(21)33-25)27(18-8-4-3-5-9-18)20(19)17-24(23)32-2/h3-13,16-17,27H,14-15H2,1-2H3. The number of amides is 1. The fraction of sp³-hybridized carbons (Fsp3) is 0.185. The number of oxazole rings is 1. The minimum atomic E-state index is -0.240. The Kier molecular flexibility index (Phi) is 5.57. The monoisotopic (exact) mass is 440 g/mol. The highest BCUT2D eigenvalue weighted by molar-refractivity contribution is 5.92. The van der Waals surface area contributed by atoms with Crippen LogP contribution in [0.3, 0.4) is 0 Å². The molecule has 1 amide bonds. The summed E-state index contributed by atoms with van der Waals surface area (Å²) in [5.74, 6) is 1.64. The van der Waals surface area contributed by atoms with E-state index >= 15 is 0 Å². The highest BCUT2D eigenvalue weighted by atomic mass is 16.5. The van der Waals surface area contributed by atoms with Crippen LogP contribution in [0, 0.1) is 0 Å². The molecule has 4 aromatic rings. The van der Waals surface area contributed by atoms with Crippen molar-refractivity contribution < 1.29 is 18.7 Å². The molecule has 0 aliphatic carbocycles. The van der Waals surface area contributed by atoms with E-state index in [9.17, 15) is 4.79 Å². The van der Waals surface area contributed by atoms with E-state index in [1.54, 1.807) is 20.3 Å². The minimum Gasteiger partial charge on any atom is -0.493 e. The molecule has 0 N–H and O–H groups in total. The van der Waals surface area contributed by atoms with E-state index in [4.69, 9.17) is 13.9 Å². The van der Waals surface area contributed by atoms with Crippen LogP contribution in [0.1, 0.15) is 28.6 Å². The van der Waals surface area contributed by atoms with Crippen LogP contribution in [0.25, 0.3) is 17.2 Å². The van der Waals surface area contributed by atoms with E-state index < -0.39 is 0 Å². The zero-order valence-electron chi connectivity index (χ0n) is 18.5. The number of hydrogen-bond donors (Lipinski definition) is 0. The van der Waals surface area contributed by atoms with Gasteiger partial charge in [0.1, 0.15) is 5.52 Å². The molecule has 3 aromatic carbocycles. The zero-order chi connectivity index (χ0) is 22.8. The summed E-state index contributed by atoms with van der Waals surface area (Å²) in [6, 6.07) is 21.3. The lowest BCUT2D eigenvalue weighted by molar-refractivity contribution is -0.128. The molecule has 0 saturated heterocycles. The summed E-state index contributed by atoms with van der Waals surface area (Å²) >= 11 is 0. The van der Waals surface area contributed by atoms with Gasteiger partial charge in [-0.25, -0.2) is 4.98 Å². The molecule has 1 aliphatic rings. The fourth-order valence-corrected chi connectivity index (χ4v) is 4.38. The Bertz CT molecular complexity index is 1290. The quantitative estimate of drug-likeness (QED) is 0.407. The molecule has 0 radical (unpaired) electrons. The molecule has 0 spiro atoms. The highest BCUT2D eigenvalue weighted by Gasteiger charge is 2.32. The lowest BCUT2D eigenvalue weighted by Gasteiger charge is -2.37. The van der Waals surface area contributed by atoms with Crippen molar-refractivity contribution in [1.82, 2.24) is 9.88 Å². The third-order valence-corrected chi connectivity index (χ3v) is 5.95. The van der Waals surface area contributed by atoms with Crippen LogP contribution in [0.5, 0.6) is 11.5 Å².